The Hall–Kier alpha value is -3.12. The average molecular weight is 366 g/mol. The summed E-state index contributed by atoms with van der Waals surface area (Å²) in [7, 11) is -3.37. The van der Waals surface area contributed by atoms with Gasteiger partial charge in [0, 0.05) is 11.3 Å². The summed E-state index contributed by atoms with van der Waals surface area (Å²) in [6.45, 7) is 0. The molecule has 0 aliphatic carbocycles. The number of nitrogens with one attached hydrogen (secondary N) is 2. The topological polar surface area (TPSA) is 75.3 Å². The zero-order chi connectivity index (χ0) is 18.6. The molecule has 6 heteroatoms. The van der Waals surface area contributed by atoms with Gasteiger partial charge in [0.2, 0.25) is 10.0 Å². The quantitative estimate of drug-likeness (QED) is 0.717. The standard InChI is InChI=1S/C20H18N2O3S/c1-26(24,25)22-19-12-6-11-18(14-19)21-20(23)17-10-5-9-16(13-17)15-7-3-2-4-8-15/h2-14,22H,1H3,(H,21,23). The van der Waals surface area contributed by atoms with Crippen LogP contribution < -0.4 is 10.0 Å². The minimum Gasteiger partial charge on any atom is -0.322 e. The highest BCUT2D eigenvalue weighted by Crippen LogP contribution is 2.21. The molecule has 0 atom stereocenters. The molecule has 0 radical (unpaired) electrons. The van der Waals surface area contributed by atoms with Gasteiger partial charge in [0.25, 0.3) is 5.91 Å². The maximum absolute atomic E-state index is 12.5. The van der Waals surface area contributed by atoms with E-state index in [2.05, 4.69) is 10.0 Å². The molecular weight excluding hydrogens is 348 g/mol. The molecule has 0 heterocycles. The van der Waals surface area contributed by atoms with Gasteiger partial charge in [-0.15, -0.1) is 0 Å². The average Bonchev–Trinajstić information content (AvgIpc) is 2.61. The van der Waals surface area contributed by atoms with Crippen molar-refractivity contribution in [1.29, 1.82) is 0 Å². The lowest BCUT2D eigenvalue weighted by Gasteiger charge is -2.09. The Morgan fingerprint density at radius 3 is 2.15 bits per heavy atom. The maximum Gasteiger partial charge on any atom is 0.255 e. The Bertz CT molecular complexity index is 1030. The number of sulfonamides is 1. The lowest BCUT2D eigenvalue weighted by molar-refractivity contribution is 0.102. The Morgan fingerprint density at radius 1 is 0.769 bits per heavy atom. The van der Waals surface area contributed by atoms with E-state index < -0.39 is 10.0 Å². The number of amides is 1. The van der Waals surface area contributed by atoms with Crippen LogP contribution in [0.5, 0.6) is 0 Å². The molecule has 0 aliphatic heterocycles. The predicted octanol–water partition coefficient (Wildman–Crippen LogP) is 3.98. The molecule has 0 saturated heterocycles. The van der Waals surface area contributed by atoms with Crippen molar-refractivity contribution in [2.75, 3.05) is 16.3 Å². The van der Waals surface area contributed by atoms with Crippen LogP contribution in [0.1, 0.15) is 10.4 Å². The van der Waals surface area contributed by atoms with Crippen LogP contribution in [-0.4, -0.2) is 20.6 Å². The molecule has 1 amide bonds. The number of carbonyl (C=O) groups excluding carboxylic acids is 1. The fourth-order valence-electron chi connectivity index (χ4n) is 2.55. The van der Waals surface area contributed by atoms with Crippen LogP contribution >= 0.6 is 0 Å². The van der Waals surface area contributed by atoms with Crippen molar-refractivity contribution in [2.24, 2.45) is 0 Å². The lowest BCUT2D eigenvalue weighted by Crippen LogP contribution is -2.13. The van der Waals surface area contributed by atoms with Gasteiger partial charge >= 0.3 is 0 Å². The first-order valence-corrected chi connectivity index (χ1v) is 9.84. The summed E-state index contributed by atoms with van der Waals surface area (Å²) in [6.07, 6.45) is 1.08. The highest BCUT2D eigenvalue weighted by Gasteiger charge is 2.09. The summed E-state index contributed by atoms with van der Waals surface area (Å²) in [5.74, 6) is -0.265. The smallest absolute Gasteiger partial charge is 0.255 e. The molecule has 3 aromatic rings. The molecule has 3 aromatic carbocycles. The molecule has 0 aliphatic rings. The molecule has 0 unspecified atom stereocenters. The van der Waals surface area contributed by atoms with E-state index in [0.29, 0.717) is 16.9 Å². The zero-order valence-corrected chi connectivity index (χ0v) is 15.0. The predicted molar refractivity (Wildman–Crippen MR) is 105 cm³/mol. The summed E-state index contributed by atoms with van der Waals surface area (Å²) in [5, 5.41) is 2.79. The van der Waals surface area contributed by atoms with Crippen LogP contribution in [0.3, 0.4) is 0 Å². The van der Waals surface area contributed by atoms with Gasteiger partial charge in [-0.3, -0.25) is 9.52 Å². The molecule has 0 saturated carbocycles. The Kier molecular flexibility index (Phi) is 5.04. The first-order valence-electron chi connectivity index (χ1n) is 7.95. The third kappa shape index (κ3) is 4.70. The van der Waals surface area contributed by atoms with E-state index >= 15 is 0 Å². The fourth-order valence-corrected chi connectivity index (χ4v) is 3.10. The number of rotatable bonds is 5. The summed E-state index contributed by atoms with van der Waals surface area (Å²) >= 11 is 0. The second-order valence-electron chi connectivity index (χ2n) is 5.86. The lowest BCUT2D eigenvalue weighted by atomic mass is 10.0. The van der Waals surface area contributed by atoms with Crippen molar-refractivity contribution in [2.45, 2.75) is 0 Å². The molecular formula is C20H18N2O3S. The minimum atomic E-state index is -3.37. The molecule has 0 bridgehead atoms. The van der Waals surface area contributed by atoms with E-state index in [1.807, 2.05) is 48.5 Å². The van der Waals surface area contributed by atoms with Gasteiger partial charge in [-0.05, 0) is 41.5 Å². The van der Waals surface area contributed by atoms with E-state index in [-0.39, 0.29) is 5.91 Å². The molecule has 132 valence electrons. The molecule has 26 heavy (non-hydrogen) atoms. The van der Waals surface area contributed by atoms with Crippen LogP contribution in [0.15, 0.2) is 78.9 Å². The third-order valence-electron chi connectivity index (χ3n) is 3.66. The number of anilines is 2. The monoisotopic (exact) mass is 366 g/mol. The van der Waals surface area contributed by atoms with Gasteiger partial charge in [-0.1, -0.05) is 48.5 Å². The van der Waals surface area contributed by atoms with E-state index in [4.69, 9.17) is 0 Å². The third-order valence-corrected chi connectivity index (χ3v) is 4.26. The van der Waals surface area contributed by atoms with E-state index in [9.17, 15) is 13.2 Å². The SMILES string of the molecule is CS(=O)(=O)Nc1cccc(NC(=O)c2cccc(-c3ccccc3)c2)c1. The van der Waals surface area contributed by atoms with Crippen LogP contribution in [-0.2, 0) is 10.0 Å². The summed E-state index contributed by atoms with van der Waals surface area (Å²) in [5.41, 5.74) is 3.40. The second-order valence-corrected chi connectivity index (χ2v) is 7.60. The molecule has 3 rings (SSSR count). The highest BCUT2D eigenvalue weighted by molar-refractivity contribution is 7.92. The molecule has 5 nitrogen and oxygen atoms in total. The number of hydrogen-bond acceptors (Lipinski definition) is 3. The van der Waals surface area contributed by atoms with Crippen LogP contribution in [0, 0.1) is 0 Å². The van der Waals surface area contributed by atoms with Crippen molar-refractivity contribution in [3.63, 3.8) is 0 Å². The zero-order valence-electron chi connectivity index (χ0n) is 14.1. The van der Waals surface area contributed by atoms with Crippen LogP contribution in [0.25, 0.3) is 11.1 Å². The molecule has 2 N–H and O–H groups in total. The molecule has 0 spiro atoms. The van der Waals surface area contributed by atoms with Crippen molar-refractivity contribution in [3.05, 3.63) is 84.4 Å². The summed E-state index contributed by atoms with van der Waals surface area (Å²) in [6, 6.07) is 23.7. The van der Waals surface area contributed by atoms with Crippen molar-refractivity contribution < 1.29 is 13.2 Å². The normalized spacial score (nSPS) is 11.0. The Morgan fingerprint density at radius 2 is 1.42 bits per heavy atom. The van der Waals surface area contributed by atoms with Gasteiger partial charge in [0.1, 0.15) is 0 Å². The van der Waals surface area contributed by atoms with E-state index in [0.717, 1.165) is 17.4 Å². The Balaban J connectivity index is 1.80. The summed E-state index contributed by atoms with van der Waals surface area (Å²) < 4.78 is 25.0. The largest absolute Gasteiger partial charge is 0.322 e. The summed E-state index contributed by atoms with van der Waals surface area (Å²) in [4.78, 5) is 12.5. The first kappa shape index (κ1) is 17.7. The highest BCUT2D eigenvalue weighted by atomic mass is 32.2. The number of hydrogen-bond donors (Lipinski definition) is 2. The second kappa shape index (κ2) is 7.41. The maximum atomic E-state index is 12.5. The van der Waals surface area contributed by atoms with E-state index in [1.165, 1.54) is 0 Å². The van der Waals surface area contributed by atoms with Crippen LogP contribution in [0.4, 0.5) is 11.4 Å². The van der Waals surface area contributed by atoms with Gasteiger partial charge < -0.3 is 5.32 Å². The number of benzene rings is 3. The minimum absolute atomic E-state index is 0.265. The first-order chi connectivity index (χ1) is 12.4. The molecule has 0 fully saturated rings. The van der Waals surface area contributed by atoms with Gasteiger partial charge in [-0.2, -0.15) is 0 Å². The van der Waals surface area contributed by atoms with Crippen molar-refractivity contribution in [3.8, 4) is 11.1 Å². The van der Waals surface area contributed by atoms with Gasteiger partial charge in [0.15, 0.2) is 0 Å². The van der Waals surface area contributed by atoms with E-state index in [1.54, 1.807) is 30.3 Å². The molecule has 0 aromatic heterocycles. The fraction of sp³-hybridized carbons (Fsp3) is 0.0500. The van der Waals surface area contributed by atoms with Crippen LogP contribution in [0.2, 0.25) is 0 Å². The van der Waals surface area contributed by atoms with Crippen molar-refractivity contribution in [1.82, 2.24) is 0 Å². The van der Waals surface area contributed by atoms with Gasteiger partial charge in [-0.25, -0.2) is 8.42 Å². The number of carbonyl (C=O) groups is 1. The van der Waals surface area contributed by atoms with Crippen molar-refractivity contribution >= 4 is 27.3 Å². The Labute approximate surface area is 152 Å². The van der Waals surface area contributed by atoms with Gasteiger partial charge in [0.05, 0.1) is 11.9 Å².